The Hall–Kier alpha value is -3.61. The summed E-state index contributed by atoms with van der Waals surface area (Å²) in [5, 5.41) is 24.6. The van der Waals surface area contributed by atoms with Gasteiger partial charge in [-0.15, -0.1) is 0 Å². The molecule has 4 N–H and O–H groups in total. The fourth-order valence-corrected chi connectivity index (χ4v) is 2.82. The summed E-state index contributed by atoms with van der Waals surface area (Å²) in [5.41, 5.74) is 0.838. The molecule has 0 aromatic heterocycles. The van der Waals surface area contributed by atoms with E-state index >= 15 is 0 Å². The summed E-state index contributed by atoms with van der Waals surface area (Å²) in [4.78, 5) is 34.9. The van der Waals surface area contributed by atoms with Gasteiger partial charge in [0.25, 0.3) is 0 Å². The highest BCUT2D eigenvalue weighted by molar-refractivity contribution is 6.02. The first-order valence-corrected chi connectivity index (χ1v) is 7.87. The van der Waals surface area contributed by atoms with Crippen molar-refractivity contribution < 1.29 is 24.6 Å². The Labute approximate surface area is 149 Å². The molecule has 1 aliphatic rings. The molecule has 2 atom stereocenters. The van der Waals surface area contributed by atoms with Crippen molar-refractivity contribution in [2.75, 3.05) is 10.6 Å². The molecule has 0 radical (unpaired) electrons. The molecule has 7 heteroatoms. The van der Waals surface area contributed by atoms with Crippen LogP contribution in [-0.2, 0) is 4.79 Å². The van der Waals surface area contributed by atoms with E-state index in [0.717, 1.165) is 0 Å². The van der Waals surface area contributed by atoms with E-state index in [4.69, 9.17) is 0 Å². The molecule has 0 amide bonds. The van der Waals surface area contributed by atoms with Crippen LogP contribution in [0.1, 0.15) is 20.7 Å². The van der Waals surface area contributed by atoms with Crippen molar-refractivity contribution in [2.45, 2.75) is 12.1 Å². The van der Waals surface area contributed by atoms with Gasteiger partial charge in [0.1, 0.15) is 6.04 Å². The number of hydrogen-bond acceptors (Lipinski definition) is 5. The highest BCUT2D eigenvalue weighted by Gasteiger charge is 2.31. The van der Waals surface area contributed by atoms with Crippen molar-refractivity contribution in [3.05, 3.63) is 71.8 Å². The molecule has 1 aliphatic carbocycles. The zero-order valence-electron chi connectivity index (χ0n) is 13.5. The number of nitrogens with one attached hydrogen (secondary N) is 2. The van der Waals surface area contributed by atoms with Gasteiger partial charge in [0.2, 0.25) is 0 Å². The van der Waals surface area contributed by atoms with E-state index in [1.54, 1.807) is 42.5 Å². The minimum Gasteiger partial charge on any atom is -0.478 e. The number of rotatable bonds is 6. The van der Waals surface area contributed by atoms with Crippen molar-refractivity contribution in [3.63, 3.8) is 0 Å². The molecule has 0 unspecified atom stereocenters. The second kappa shape index (κ2) is 7.10. The third kappa shape index (κ3) is 3.41. The first kappa shape index (κ1) is 17.2. The largest absolute Gasteiger partial charge is 0.478 e. The second-order valence-electron chi connectivity index (χ2n) is 5.76. The fraction of sp³-hybridized carbons (Fsp3) is 0.105. The lowest BCUT2D eigenvalue weighted by Gasteiger charge is -2.24. The highest BCUT2D eigenvalue weighted by atomic mass is 16.4. The van der Waals surface area contributed by atoms with E-state index in [1.165, 1.54) is 18.2 Å². The summed E-state index contributed by atoms with van der Waals surface area (Å²) in [6, 6.07) is 11.4. The number of carboxylic acids is 2. The molecule has 0 aliphatic heterocycles. The molecule has 0 spiro atoms. The Bertz CT molecular complexity index is 906. The van der Waals surface area contributed by atoms with Gasteiger partial charge >= 0.3 is 11.9 Å². The molecule has 0 bridgehead atoms. The zero-order valence-corrected chi connectivity index (χ0v) is 13.5. The molecule has 0 heterocycles. The lowest BCUT2D eigenvalue weighted by molar-refractivity contribution is -0.114. The predicted octanol–water partition coefficient (Wildman–Crippen LogP) is 2.48. The van der Waals surface area contributed by atoms with Crippen LogP contribution in [0.2, 0.25) is 0 Å². The van der Waals surface area contributed by atoms with Gasteiger partial charge in [-0.1, -0.05) is 30.3 Å². The Morgan fingerprint density at radius 3 is 1.85 bits per heavy atom. The summed E-state index contributed by atoms with van der Waals surface area (Å²) >= 11 is 0. The number of para-hydroxylation sites is 2. The SMILES string of the molecule is O=C(O)c1ccccc1N[C@@H]1C(=O)C=C[C@H]1Nc1ccccc1C(=O)O. The molecular formula is C19H16N2O5. The van der Waals surface area contributed by atoms with Crippen LogP contribution in [0.3, 0.4) is 0 Å². The van der Waals surface area contributed by atoms with Crippen LogP contribution in [0.15, 0.2) is 60.7 Å². The van der Waals surface area contributed by atoms with Crippen LogP contribution in [0.5, 0.6) is 0 Å². The lowest BCUT2D eigenvalue weighted by atomic mass is 10.1. The van der Waals surface area contributed by atoms with Crippen molar-refractivity contribution in [1.82, 2.24) is 0 Å². The van der Waals surface area contributed by atoms with E-state index < -0.39 is 24.0 Å². The molecular weight excluding hydrogens is 336 g/mol. The molecule has 7 nitrogen and oxygen atoms in total. The van der Waals surface area contributed by atoms with Gasteiger partial charge in [0, 0.05) is 11.4 Å². The quantitative estimate of drug-likeness (QED) is 0.631. The third-order valence-corrected chi connectivity index (χ3v) is 4.08. The first-order chi connectivity index (χ1) is 12.5. The molecule has 3 rings (SSSR count). The van der Waals surface area contributed by atoms with E-state index in [-0.39, 0.29) is 16.9 Å². The van der Waals surface area contributed by atoms with Gasteiger partial charge in [0.15, 0.2) is 5.78 Å². The van der Waals surface area contributed by atoms with E-state index in [9.17, 15) is 24.6 Å². The predicted molar refractivity (Wildman–Crippen MR) is 95.8 cm³/mol. The number of carboxylic acid groups (broad SMARTS) is 2. The number of benzene rings is 2. The standard InChI is InChI=1S/C19H16N2O5/c22-16-10-9-15(20-13-7-3-1-5-11(13)18(23)24)17(16)21-14-8-4-2-6-12(14)19(25)26/h1-10,15,17,20-21H,(H,23,24)(H,25,26)/t15-,17+/m1/s1. The summed E-state index contributed by atoms with van der Waals surface area (Å²) in [7, 11) is 0. The molecule has 0 saturated carbocycles. The van der Waals surface area contributed by atoms with Crippen LogP contribution < -0.4 is 10.6 Å². The van der Waals surface area contributed by atoms with Crippen molar-refractivity contribution in [3.8, 4) is 0 Å². The molecule has 0 saturated heterocycles. The number of hydrogen-bond donors (Lipinski definition) is 4. The second-order valence-corrected chi connectivity index (χ2v) is 5.76. The number of ketones is 1. The van der Waals surface area contributed by atoms with Crippen LogP contribution >= 0.6 is 0 Å². The summed E-state index contributed by atoms with van der Waals surface area (Å²) in [6.07, 6.45) is 3.02. The van der Waals surface area contributed by atoms with Crippen molar-refractivity contribution in [1.29, 1.82) is 0 Å². The average Bonchev–Trinajstić information content (AvgIpc) is 2.95. The Balaban J connectivity index is 1.86. The van der Waals surface area contributed by atoms with Gasteiger partial charge in [-0.3, -0.25) is 4.79 Å². The van der Waals surface area contributed by atoms with E-state index in [0.29, 0.717) is 11.4 Å². The molecule has 26 heavy (non-hydrogen) atoms. The number of aromatic carboxylic acids is 2. The molecule has 2 aromatic rings. The summed E-state index contributed by atoms with van der Waals surface area (Å²) in [6.45, 7) is 0. The number of anilines is 2. The van der Waals surface area contributed by atoms with Crippen LogP contribution in [-0.4, -0.2) is 40.0 Å². The Morgan fingerprint density at radius 2 is 1.31 bits per heavy atom. The first-order valence-electron chi connectivity index (χ1n) is 7.87. The molecule has 132 valence electrons. The fourth-order valence-electron chi connectivity index (χ4n) is 2.82. The molecule has 0 fully saturated rings. The molecule has 2 aromatic carbocycles. The normalized spacial score (nSPS) is 18.5. The maximum absolute atomic E-state index is 12.2. The van der Waals surface area contributed by atoms with Gasteiger partial charge < -0.3 is 20.8 Å². The minimum atomic E-state index is -1.10. The highest BCUT2D eigenvalue weighted by Crippen LogP contribution is 2.24. The monoisotopic (exact) mass is 352 g/mol. The third-order valence-electron chi connectivity index (χ3n) is 4.08. The number of carbonyl (C=O) groups is 3. The smallest absolute Gasteiger partial charge is 0.337 e. The van der Waals surface area contributed by atoms with Gasteiger partial charge in [-0.2, -0.15) is 0 Å². The maximum atomic E-state index is 12.2. The Kier molecular flexibility index (Phi) is 4.70. The topological polar surface area (TPSA) is 116 Å². The number of carbonyl (C=O) groups excluding carboxylic acids is 1. The average molecular weight is 352 g/mol. The summed E-state index contributed by atoms with van der Waals surface area (Å²) < 4.78 is 0. The van der Waals surface area contributed by atoms with Gasteiger partial charge in [0.05, 0.1) is 17.2 Å². The van der Waals surface area contributed by atoms with Crippen LogP contribution in [0.25, 0.3) is 0 Å². The zero-order chi connectivity index (χ0) is 18.7. The van der Waals surface area contributed by atoms with Crippen LogP contribution in [0.4, 0.5) is 11.4 Å². The van der Waals surface area contributed by atoms with Crippen molar-refractivity contribution in [2.24, 2.45) is 0 Å². The van der Waals surface area contributed by atoms with Gasteiger partial charge in [-0.25, -0.2) is 9.59 Å². The van der Waals surface area contributed by atoms with Gasteiger partial charge in [-0.05, 0) is 30.3 Å². The minimum absolute atomic E-state index is 0.0527. The van der Waals surface area contributed by atoms with Crippen LogP contribution in [0, 0.1) is 0 Å². The van der Waals surface area contributed by atoms with E-state index in [1.807, 2.05) is 0 Å². The van der Waals surface area contributed by atoms with E-state index in [2.05, 4.69) is 10.6 Å². The maximum Gasteiger partial charge on any atom is 0.337 e. The Morgan fingerprint density at radius 1 is 0.808 bits per heavy atom. The summed E-state index contributed by atoms with van der Waals surface area (Å²) in [5.74, 6) is -2.41. The van der Waals surface area contributed by atoms with Crippen molar-refractivity contribution >= 4 is 29.1 Å². The lowest BCUT2D eigenvalue weighted by Crippen LogP contribution is -2.40.